The molecule has 0 aromatic rings. The van der Waals surface area contributed by atoms with E-state index in [9.17, 15) is 19.5 Å². The molecule has 8 heteroatoms. The highest BCUT2D eigenvalue weighted by molar-refractivity contribution is 5.82. The van der Waals surface area contributed by atoms with Crippen molar-refractivity contribution in [2.75, 3.05) is 19.7 Å². The van der Waals surface area contributed by atoms with Gasteiger partial charge in [-0.2, -0.15) is 0 Å². The lowest BCUT2D eigenvalue weighted by molar-refractivity contribution is -0.304. The molecule has 0 bridgehead atoms. The molecule has 252 valence electrons. The van der Waals surface area contributed by atoms with Crippen molar-refractivity contribution in [3.63, 3.8) is 0 Å². The van der Waals surface area contributed by atoms with E-state index in [4.69, 9.17) is 9.47 Å². The van der Waals surface area contributed by atoms with Crippen LogP contribution >= 0.6 is 0 Å². The molecule has 2 amide bonds. The first kappa shape index (κ1) is 39.4. The summed E-state index contributed by atoms with van der Waals surface area (Å²) in [6.45, 7) is 14.6. The van der Waals surface area contributed by atoms with Gasteiger partial charge in [-0.05, 0) is 39.0 Å². The van der Waals surface area contributed by atoms with E-state index in [0.717, 1.165) is 12.8 Å². The Kier molecular flexibility index (Phi) is 19.3. The number of carbonyl (C=O) groups is 3. The number of unbranched alkanes of at least 4 members (excludes halogenated alkanes) is 12. The molecule has 0 aliphatic carbocycles. The monoisotopic (exact) mass is 610 g/mol. The Hall–Kier alpha value is -1.67. The lowest BCUT2D eigenvalue weighted by Crippen LogP contribution is -2.57. The SMILES string of the molecule is CCCCCCCCCCCCCCCC(C(=O)NCCCC(CNC(=O)C1OC(C)(C)OCC1(C)C)C(=O)O)C(C)C. The molecule has 1 fully saturated rings. The highest BCUT2D eigenvalue weighted by Gasteiger charge is 2.45. The number of hydrogen-bond donors (Lipinski definition) is 3. The minimum atomic E-state index is -0.957. The molecule has 1 rings (SSSR count). The molecule has 0 radical (unpaired) electrons. The van der Waals surface area contributed by atoms with Gasteiger partial charge in [-0.15, -0.1) is 0 Å². The van der Waals surface area contributed by atoms with E-state index in [-0.39, 0.29) is 30.2 Å². The topological polar surface area (TPSA) is 114 Å². The minimum absolute atomic E-state index is 0.0191. The minimum Gasteiger partial charge on any atom is -0.481 e. The fourth-order valence-corrected chi connectivity index (χ4v) is 5.79. The Morgan fingerprint density at radius 1 is 0.791 bits per heavy atom. The Bertz CT molecular complexity index is 797. The van der Waals surface area contributed by atoms with Crippen LogP contribution < -0.4 is 10.6 Å². The average molecular weight is 611 g/mol. The van der Waals surface area contributed by atoms with Crippen LogP contribution in [0.1, 0.15) is 151 Å². The number of nitrogens with one attached hydrogen (secondary N) is 2. The predicted molar refractivity (Wildman–Crippen MR) is 174 cm³/mol. The maximum atomic E-state index is 12.9. The Labute approximate surface area is 263 Å². The number of carbonyl (C=O) groups excluding carboxylic acids is 2. The van der Waals surface area contributed by atoms with Gasteiger partial charge in [-0.1, -0.05) is 118 Å². The van der Waals surface area contributed by atoms with Crippen molar-refractivity contribution in [1.29, 1.82) is 0 Å². The van der Waals surface area contributed by atoms with Crippen molar-refractivity contribution in [2.45, 2.75) is 163 Å². The predicted octanol–water partition coefficient (Wildman–Crippen LogP) is 7.63. The summed E-state index contributed by atoms with van der Waals surface area (Å²) in [5, 5.41) is 15.5. The molecule has 1 saturated heterocycles. The van der Waals surface area contributed by atoms with E-state index in [2.05, 4.69) is 31.4 Å². The van der Waals surface area contributed by atoms with E-state index in [1.165, 1.54) is 77.0 Å². The van der Waals surface area contributed by atoms with Crippen LogP contribution in [0.25, 0.3) is 0 Å². The van der Waals surface area contributed by atoms with E-state index < -0.39 is 29.2 Å². The van der Waals surface area contributed by atoms with Gasteiger partial charge in [-0.3, -0.25) is 14.4 Å². The van der Waals surface area contributed by atoms with Crippen molar-refractivity contribution in [3.05, 3.63) is 0 Å². The zero-order chi connectivity index (χ0) is 32.3. The third-order valence-corrected chi connectivity index (χ3v) is 8.80. The second-order valence-corrected chi connectivity index (χ2v) is 14.3. The zero-order valence-electron chi connectivity index (χ0n) is 28.7. The van der Waals surface area contributed by atoms with Crippen LogP contribution in [-0.2, 0) is 23.9 Å². The van der Waals surface area contributed by atoms with E-state index >= 15 is 0 Å². The second kappa shape index (κ2) is 21.1. The largest absolute Gasteiger partial charge is 0.481 e. The number of hydrogen-bond acceptors (Lipinski definition) is 5. The average Bonchev–Trinajstić information content (AvgIpc) is 2.93. The molecule has 0 saturated carbocycles. The highest BCUT2D eigenvalue weighted by Crippen LogP contribution is 2.35. The van der Waals surface area contributed by atoms with E-state index in [1.807, 2.05) is 13.8 Å². The fourth-order valence-electron chi connectivity index (χ4n) is 5.79. The van der Waals surface area contributed by atoms with Crippen LogP contribution in [-0.4, -0.2) is 54.5 Å². The maximum absolute atomic E-state index is 12.9. The Balaban J connectivity index is 2.27. The number of carboxylic acids is 1. The summed E-state index contributed by atoms with van der Waals surface area (Å²) in [6, 6.07) is 0. The molecule has 0 spiro atoms. The number of amides is 2. The number of rotatable bonds is 24. The number of aliphatic carboxylic acids is 1. The standard InChI is InChI=1S/C35H66N2O6/c1-8-9-10-11-12-13-14-15-16-17-18-19-20-23-29(27(2)3)31(38)36-24-21-22-28(33(40)41)25-37-32(39)30-34(4,5)26-42-35(6,7)43-30/h27-30H,8-26H2,1-7H3,(H,36,38)(H,37,39)(H,40,41). The van der Waals surface area contributed by atoms with Crippen molar-refractivity contribution in [1.82, 2.24) is 10.6 Å². The van der Waals surface area contributed by atoms with E-state index in [1.54, 1.807) is 13.8 Å². The van der Waals surface area contributed by atoms with Gasteiger partial charge in [0.25, 0.3) is 0 Å². The normalized spacial score (nSPS) is 19.1. The third kappa shape index (κ3) is 16.8. The lowest BCUT2D eigenvalue weighted by Gasteiger charge is -2.44. The summed E-state index contributed by atoms with van der Waals surface area (Å²) in [7, 11) is 0. The van der Waals surface area contributed by atoms with Crippen LogP contribution in [0.15, 0.2) is 0 Å². The first-order valence-electron chi connectivity index (χ1n) is 17.4. The van der Waals surface area contributed by atoms with Crippen LogP contribution in [0.2, 0.25) is 0 Å². The van der Waals surface area contributed by atoms with Crippen LogP contribution in [0.3, 0.4) is 0 Å². The highest BCUT2D eigenvalue weighted by atomic mass is 16.7. The van der Waals surface area contributed by atoms with E-state index in [0.29, 0.717) is 26.0 Å². The Morgan fingerprint density at radius 2 is 1.33 bits per heavy atom. The van der Waals surface area contributed by atoms with Crippen LogP contribution in [0.4, 0.5) is 0 Å². The summed E-state index contributed by atoms with van der Waals surface area (Å²) < 4.78 is 11.5. The molecule has 1 aliphatic heterocycles. The molecule has 3 N–H and O–H groups in total. The summed E-state index contributed by atoms with van der Waals surface area (Å²) in [4.78, 5) is 37.6. The van der Waals surface area contributed by atoms with Gasteiger partial charge in [0, 0.05) is 24.4 Å². The zero-order valence-corrected chi connectivity index (χ0v) is 28.7. The van der Waals surface area contributed by atoms with Crippen molar-refractivity contribution in [2.24, 2.45) is 23.2 Å². The smallest absolute Gasteiger partial charge is 0.308 e. The van der Waals surface area contributed by atoms with Gasteiger partial charge in [0.1, 0.15) is 6.10 Å². The number of ether oxygens (including phenoxy) is 2. The van der Waals surface area contributed by atoms with Gasteiger partial charge in [0.05, 0.1) is 12.5 Å². The van der Waals surface area contributed by atoms with Crippen molar-refractivity contribution >= 4 is 17.8 Å². The molecular formula is C35H66N2O6. The second-order valence-electron chi connectivity index (χ2n) is 14.3. The summed E-state index contributed by atoms with van der Waals surface area (Å²) >= 11 is 0. The first-order valence-corrected chi connectivity index (χ1v) is 17.4. The Morgan fingerprint density at radius 3 is 1.84 bits per heavy atom. The van der Waals surface area contributed by atoms with Gasteiger partial charge >= 0.3 is 5.97 Å². The van der Waals surface area contributed by atoms with Gasteiger partial charge < -0.3 is 25.2 Å². The van der Waals surface area contributed by atoms with Crippen LogP contribution in [0, 0.1) is 23.2 Å². The maximum Gasteiger partial charge on any atom is 0.308 e. The lowest BCUT2D eigenvalue weighted by atomic mass is 9.85. The van der Waals surface area contributed by atoms with Crippen molar-refractivity contribution < 1.29 is 29.0 Å². The van der Waals surface area contributed by atoms with Gasteiger partial charge in [-0.25, -0.2) is 0 Å². The fraction of sp³-hybridized carbons (Fsp3) is 0.914. The number of carboxylic acid groups (broad SMARTS) is 1. The molecule has 43 heavy (non-hydrogen) atoms. The molecular weight excluding hydrogens is 544 g/mol. The van der Waals surface area contributed by atoms with Crippen LogP contribution in [0.5, 0.6) is 0 Å². The molecule has 1 heterocycles. The molecule has 0 aromatic carbocycles. The van der Waals surface area contributed by atoms with Gasteiger partial charge in [0.2, 0.25) is 11.8 Å². The van der Waals surface area contributed by atoms with Crippen molar-refractivity contribution in [3.8, 4) is 0 Å². The van der Waals surface area contributed by atoms with Gasteiger partial charge in [0.15, 0.2) is 5.79 Å². The molecule has 3 unspecified atom stereocenters. The summed E-state index contributed by atoms with van der Waals surface area (Å²) in [6.07, 6.45) is 18.1. The molecule has 8 nitrogen and oxygen atoms in total. The molecule has 3 atom stereocenters. The summed E-state index contributed by atoms with van der Waals surface area (Å²) in [5.41, 5.74) is -0.525. The summed E-state index contributed by atoms with van der Waals surface area (Å²) in [5.74, 6) is -2.58. The molecule has 1 aliphatic rings. The molecule has 0 aromatic heterocycles. The first-order chi connectivity index (χ1) is 20.3. The third-order valence-electron chi connectivity index (χ3n) is 8.80. The quantitative estimate of drug-likeness (QED) is 0.0969.